The van der Waals surface area contributed by atoms with Crippen LogP contribution in [0.1, 0.15) is 15.9 Å². The van der Waals surface area contributed by atoms with E-state index in [4.69, 9.17) is 16.3 Å². The number of hydrogen-bond donors (Lipinski definition) is 0. The molecule has 1 aromatic rings. The number of amides is 1. The maximum absolute atomic E-state index is 13.9. The zero-order chi connectivity index (χ0) is 12.4. The fourth-order valence-electron chi connectivity index (χ4n) is 1.78. The molecule has 0 N–H and O–H groups in total. The Kier molecular flexibility index (Phi) is 3.64. The van der Waals surface area contributed by atoms with E-state index < -0.39 is 5.82 Å². The van der Waals surface area contributed by atoms with Crippen LogP contribution >= 0.6 is 11.6 Å². The predicted octanol–water partition coefficient (Wildman–Crippen LogP) is 2.26. The van der Waals surface area contributed by atoms with Crippen molar-refractivity contribution in [1.29, 1.82) is 0 Å². The van der Waals surface area contributed by atoms with E-state index in [0.717, 1.165) is 0 Å². The second-order valence-corrected chi connectivity index (χ2v) is 4.37. The fraction of sp³-hybridized carbons (Fsp3) is 0.417. The van der Waals surface area contributed by atoms with Crippen molar-refractivity contribution < 1.29 is 13.9 Å². The molecule has 0 radical (unpaired) electrons. The molecule has 3 nitrogen and oxygen atoms in total. The van der Waals surface area contributed by atoms with Crippen molar-refractivity contribution in [2.24, 2.45) is 0 Å². The molecule has 1 aliphatic heterocycles. The summed E-state index contributed by atoms with van der Waals surface area (Å²) in [5.41, 5.74) is 0.388. The van der Waals surface area contributed by atoms with E-state index in [9.17, 15) is 9.18 Å². The monoisotopic (exact) mass is 257 g/mol. The second kappa shape index (κ2) is 5.02. The van der Waals surface area contributed by atoms with Crippen molar-refractivity contribution in [3.05, 3.63) is 34.1 Å². The summed E-state index contributed by atoms with van der Waals surface area (Å²) in [4.78, 5) is 13.7. The van der Waals surface area contributed by atoms with Gasteiger partial charge in [0.25, 0.3) is 5.91 Å². The molecule has 17 heavy (non-hydrogen) atoms. The lowest BCUT2D eigenvalue weighted by Crippen LogP contribution is -2.41. The minimum absolute atomic E-state index is 0.0337. The molecule has 2 rings (SSSR count). The van der Waals surface area contributed by atoms with Crippen LogP contribution in [0.3, 0.4) is 0 Å². The van der Waals surface area contributed by atoms with Crippen LogP contribution in [0.25, 0.3) is 0 Å². The molecule has 1 heterocycles. The van der Waals surface area contributed by atoms with E-state index in [1.807, 2.05) is 0 Å². The first kappa shape index (κ1) is 12.3. The van der Waals surface area contributed by atoms with Gasteiger partial charge >= 0.3 is 0 Å². The van der Waals surface area contributed by atoms with Crippen molar-refractivity contribution in [1.82, 2.24) is 4.90 Å². The number of aryl methyl sites for hydroxylation is 1. The van der Waals surface area contributed by atoms with E-state index in [2.05, 4.69) is 0 Å². The van der Waals surface area contributed by atoms with Crippen LogP contribution in [-0.2, 0) is 4.74 Å². The number of benzene rings is 1. The molecule has 92 valence electrons. The first-order chi connectivity index (χ1) is 8.11. The Balaban J connectivity index is 2.32. The highest BCUT2D eigenvalue weighted by Crippen LogP contribution is 2.23. The second-order valence-electron chi connectivity index (χ2n) is 3.96. The van der Waals surface area contributed by atoms with Crippen LogP contribution < -0.4 is 0 Å². The van der Waals surface area contributed by atoms with Gasteiger partial charge in [0.15, 0.2) is 0 Å². The van der Waals surface area contributed by atoms with Gasteiger partial charge in [0.1, 0.15) is 5.82 Å². The Labute approximate surface area is 104 Å². The summed E-state index contributed by atoms with van der Waals surface area (Å²) in [7, 11) is 0. The number of ether oxygens (including phenoxy) is 1. The van der Waals surface area contributed by atoms with E-state index in [-0.39, 0.29) is 16.5 Å². The molecule has 1 fully saturated rings. The SMILES string of the molecule is Cc1ccc(Cl)c(C(=O)N2CCOCC2)c1F. The van der Waals surface area contributed by atoms with Crippen molar-refractivity contribution >= 4 is 17.5 Å². The third kappa shape index (κ3) is 2.42. The predicted molar refractivity (Wildman–Crippen MR) is 62.9 cm³/mol. The molecule has 0 spiro atoms. The zero-order valence-electron chi connectivity index (χ0n) is 9.50. The van der Waals surface area contributed by atoms with Crippen LogP contribution in [0.15, 0.2) is 12.1 Å². The molecule has 0 atom stereocenters. The summed E-state index contributed by atoms with van der Waals surface area (Å²) < 4.78 is 19.1. The van der Waals surface area contributed by atoms with Gasteiger partial charge in [-0.05, 0) is 18.6 Å². The zero-order valence-corrected chi connectivity index (χ0v) is 10.3. The van der Waals surface area contributed by atoms with Crippen LogP contribution in [0.5, 0.6) is 0 Å². The molecule has 5 heteroatoms. The van der Waals surface area contributed by atoms with Crippen LogP contribution in [0, 0.1) is 12.7 Å². The highest BCUT2D eigenvalue weighted by Gasteiger charge is 2.24. The molecule has 1 aromatic carbocycles. The summed E-state index contributed by atoms with van der Waals surface area (Å²) >= 11 is 5.90. The number of nitrogens with zero attached hydrogens (tertiary/aromatic N) is 1. The number of hydrogen-bond acceptors (Lipinski definition) is 2. The summed E-state index contributed by atoms with van der Waals surface area (Å²) in [6.45, 7) is 3.53. The first-order valence-corrected chi connectivity index (χ1v) is 5.80. The Bertz CT molecular complexity index is 444. The lowest BCUT2D eigenvalue weighted by atomic mass is 10.1. The average molecular weight is 258 g/mol. The molecule has 1 saturated heterocycles. The highest BCUT2D eigenvalue weighted by molar-refractivity contribution is 6.33. The van der Waals surface area contributed by atoms with Gasteiger partial charge in [-0.15, -0.1) is 0 Å². The molecule has 0 aromatic heterocycles. The van der Waals surface area contributed by atoms with E-state index >= 15 is 0 Å². The first-order valence-electron chi connectivity index (χ1n) is 5.43. The van der Waals surface area contributed by atoms with Crippen molar-refractivity contribution in [2.75, 3.05) is 26.3 Å². The van der Waals surface area contributed by atoms with E-state index in [0.29, 0.717) is 31.9 Å². The molecular weight excluding hydrogens is 245 g/mol. The number of carbonyl (C=O) groups excluding carboxylic acids is 1. The topological polar surface area (TPSA) is 29.5 Å². The van der Waals surface area contributed by atoms with Gasteiger partial charge in [-0.25, -0.2) is 4.39 Å². The molecule has 0 unspecified atom stereocenters. The average Bonchev–Trinajstić information content (AvgIpc) is 2.35. The van der Waals surface area contributed by atoms with E-state index in [1.165, 1.54) is 0 Å². The Morgan fingerprint density at radius 1 is 1.41 bits per heavy atom. The Morgan fingerprint density at radius 2 is 2.06 bits per heavy atom. The molecule has 1 aliphatic rings. The van der Waals surface area contributed by atoms with Crippen molar-refractivity contribution in [3.63, 3.8) is 0 Å². The van der Waals surface area contributed by atoms with Gasteiger partial charge < -0.3 is 9.64 Å². The van der Waals surface area contributed by atoms with Gasteiger partial charge in [-0.2, -0.15) is 0 Å². The minimum atomic E-state index is -0.533. The quantitative estimate of drug-likeness (QED) is 0.772. The molecule has 0 bridgehead atoms. The maximum atomic E-state index is 13.9. The summed E-state index contributed by atoms with van der Waals surface area (Å²) in [5.74, 6) is -0.895. The molecule has 0 saturated carbocycles. The van der Waals surface area contributed by atoms with E-state index in [1.54, 1.807) is 24.0 Å². The lowest BCUT2D eigenvalue weighted by molar-refractivity contribution is 0.0300. The number of rotatable bonds is 1. The summed E-state index contributed by atoms with van der Waals surface area (Å²) in [6, 6.07) is 3.11. The molecule has 1 amide bonds. The lowest BCUT2D eigenvalue weighted by Gasteiger charge is -2.27. The van der Waals surface area contributed by atoms with Gasteiger partial charge in [0.2, 0.25) is 0 Å². The number of carbonyl (C=O) groups is 1. The van der Waals surface area contributed by atoms with Gasteiger partial charge in [0.05, 0.1) is 23.8 Å². The smallest absolute Gasteiger partial charge is 0.258 e. The minimum Gasteiger partial charge on any atom is -0.378 e. The van der Waals surface area contributed by atoms with Gasteiger partial charge in [-0.1, -0.05) is 17.7 Å². The standard InChI is InChI=1S/C12H13ClFNO2/c1-8-2-3-9(13)10(11(8)14)12(16)15-4-6-17-7-5-15/h2-3H,4-7H2,1H3. The van der Waals surface area contributed by atoms with Crippen LogP contribution in [0.4, 0.5) is 4.39 Å². The van der Waals surface area contributed by atoms with Crippen molar-refractivity contribution in [3.8, 4) is 0 Å². The number of halogens is 2. The van der Waals surface area contributed by atoms with Gasteiger partial charge in [-0.3, -0.25) is 4.79 Å². The largest absolute Gasteiger partial charge is 0.378 e. The Hall–Kier alpha value is -1.13. The van der Waals surface area contributed by atoms with Crippen LogP contribution in [-0.4, -0.2) is 37.1 Å². The molecular formula is C12H13ClFNO2. The maximum Gasteiger partial charge on any atom is 0.258 e. The normalized spacial score (nSPS) is 16.1. The number of morpholine rings is 1. The van der Waals surface area contributed by atoms with Gasteiger partial charge in [0, 0.05) is 13.1 Å². The molecule has 0 aliphatic carbocycles. The summed E-state index contributed by atoms with van der Waals surface area (Å²) in [5, 5.41) is 0.157. The van der Waals surface area contributed by atoms with Crippen LogP contribution in [0.2, 0.25) is 5.02 Å². The Morgan fingerprint density at radius 3 is 2.71 bits per heavy atom. The highest BCUT2D eigenvalue weighted by atomic mass is 35.5. The third-order valence-corrected chi connectivity index (χ3v) is 3.11. The fourth-order valence-corrected chi connectivity index (χ4v) is 2.00. The third-order valence-electron chi connectivity index (χ3n) is 2.80. The van der Waals surface area contributed by atoms with Crippen molar-refractivity contribution in [2.45, 2.75) is 6.92 Å². The summed E-state index contributed by atoms with van der Waals surface area (Å²) in [6.07, 6.45) is 0.